The van der Waals surface area contributed by atoms with Gasteiger partial charge in [-0.1, -0.05) is 13.8 Å². The van der Waals surface area contributed by atoms with E-state index in [2.05, 4.69) is 26.1 Å². The number of hydrogen-bond donors (Lipinski definition) is 1. The second kappa shape index (κ2) is 7.05. The van der Waals surface area contributed by atoms with Gasteiger partial charge in [-0.25, -0.2) is 0 Å². The first-order valence-corrected chi connectivity index (χ1v) is 6.26. The second-order valence-corrected chi connectivity index (χ2v) is 4.83. The summed E-state index contributed by atoms with van der Waals surface area (Å²) in [7, 11) is 0. The molecule has 0 aliphatic carbocycles. The predicted octanol–water partition coefficient (Wildman–Crippen LogP) is 2.74. The van der Waals surface area contributed by atoms with Crippen LogP contribution in [0, 0.1) is 0 Å². The van der Waals surface area contributed by atoms with Gasteiger partial charge in [0.15, 0.2) is 0 Å². The Morgan fingerprint density at radius 3 is 2.50 bits per heavy atom. The van der Waals surface area contributed by atoms with Gasteiger partial charge in [-0.15, -0.1) is 11.6 Å². The van der Waals surface area contributed by atoms with Crippen LogP contribution in [0.5, 0.6) is 0 Å². The molecule has 0 fully saturated rings. The molecule has 0 spiro atoms. The van der Waals surface area contributed by atoms with E-state index in [0.29, 0.717) is 5.88 Å². The largest absolute Gasteiger partial charge is 0.310 e. The van der Waals surface area contributed by atoms with Crippen LogP contribution in [0.1, 0.15) is 27.2 Å². The van der Waals surface area contributed by atoms with Gasteiger partial charge in [-0.05, 0) is 19.1 Å². The Kier molecular flexibility index (Phi) is 7.40. The first kappa shape index (κ1) is 12.6. The molecule has 12 heavy (non-hydrogen) atoms. The number of alkyl halides is 1. The molecule has 0 aromatic carbocycles. The van der Waals surface area contributed by atoms with Gasteiger partial charge < -0.3 is 5.32 Å². The highest BCUT2D eigenvalue weighted by atomic mass is 35.5. The Hall–Kier alpha value is 0.600. The van der Waals surface area contributed by atoms with E-state index in [0.717, 1.165) is 13.0 Å². The molecule has 74 valence electrons. The molecule has 0 rings (SSSR count). The van der Waals surface area contributed by atoms with Crippen molar-refractivity contribution in [3.05, 3.63) is 0 Å². The average Bonchev–Trinajstić information content (AvgIpc) is 2.12. The predicted molar refractivity (Wildman–Crippen MR) is 60.4 cm³/mol. The molecule has 0 aliphatic rings. The Balaban J connectivity index is 3.45. The normalized spacial score (nSPS) is 16.0. The van der Waals surface area contributed by atoms with Gasteiger partial charge in [0, 0.05) is 23.7 Å². The van der Waals surface area contributed by atoms with Crippen LogP contribution < -0.4 is 5.32 Å². The van der Waals surface area contributed by atoms with Gasteiger partial charge in [0.2, 0.25) is 0 Å². The molecule has 3 heteroatoms. The summed E-state index contributed by atoms with van der Waals surface area (Å²) in [5, 5.41) is 3.48. The summed E-state index contributed by atoms with van der Waals surface area (Å²) in [5.41, 5.74) is 0.135. The summed E-state index contributed by atoms with van der Waals surface area (Å²) in [5.74, 6) is 3.08. The lowest BCUT2D eigenvalue weighted by molar-refractivity contribution is 0.393. The van der Waals surface area contributed by atoms with Crippen molar-refractivity contribution in [3.63, 3.8) is 0 Å². The van der Waals surface area contributed by atoms with Gasteiger partial charge >= 0.3 is 0 Å². The van der Waals surface area contributed by atoms with Crippen LogP contribution in [-0.4, -0.2) is 29.5 Å². The standard InChI is InChI=1S/C9H20ClNS/c1-4-9(3,8-10)11-6-7-12-5-2/h11H,4-8H2,1-3H3. The van der Waals surface area contributed by atoms with Crippen molar-refractivity contribution >= 4 is 23.4 Å². The molecule has 0 radical (unpaired) electrons. The number of hydrogen-bond acceptors (Lipinski definition) is 2. The van der Waals surface area contributed by atoms with Crippen LogP contribution in [0.15, 0.2) is 0 Å². The summed E-state index contributed by atoms with van der Waals surface area (Å²) < 4.78 is 0. The summed E-state index contributed by atoms with van der Waals surface area (Å²) in [6.45, 7) is 7.60. The fourth-order valence-corrected chi connectivity index (χ4v) is 1.65. The Bertz CT molecular complexity index is 105. The highest BCUT2D eigenvalue weighted by molar-refractivity contribution is 7.99. The quantitative estimate of drug-likeness (QED) is 0.511. The molecule has 0 aliphatic heterocycles. The summed E-state index contributed by atoms with van der Waals surface area (Å²) >= 11 is 7.82. The van der Waals surface area contributed by atoms with E-state index >= 15 is 0 Å². The second-order valence-electron chi connectivity index (χ2n) is 3.17. The maximum absolute atomic E-state index is 5.85. The Morgan fingerprint density at radius 1 is 1.42 bits per heavy atom. The zero-order valence-corrected chi connectivity index (χ0v) is 9.89. The molecular weight excluding hydrogens is 190 g/mol. The van der Waals surface area contributed by atoms with Crippen molar-refractivity contribution in [1.82, 2.24) is 5.32 Å². The van der Waals surface area contributed by atoms with E-state index < -0.39 is 0 Å². The van der Waals surface area contributed by atoms with Crippen molar-refractivity contribution in [1.29, 1.82) is 0 Å². The van der Waals surface area contributed by atoms with Crippen LogP contribution >= 0.6 is 23.4 Å². The molecule has 0 aromatic rings. The fraction of sp³-hybridized carbons (Fsp3) is 1.00. The molecule has 0 heterocycles. The molecule has 1 nitrogen and oxygen atoms in total. The van der Waals surface area contributed by atoms with Crippen LogP contribution in [0.3, 0.4) is 0 Å². The van der Waals surface area contributed by atoms with Crippen molar-refractivity contribution in [2.24, 2.45) is 0 Å². The average molecular weight is 210 g/mol. The van der Waals surface area contributed by atoms with Crippen molar-refractivity contribution < 1.29 is 0 Å². The lowest BCUT2D eigenvalue weighted by Crippen LogP contribution is -2.44. The monoisotopic (exact) mass is 209 g/mol. The highest BCUT2D eigenvalue weighted by Crippen LogP contribution is 2.10. The third-order valence-corrected chi connectivity index (χ3v) is 3.57. The topological polar surface area (TPSA) is 12.0 Å². The van der Waals surface area contributed by atoms with Crippen LogP contribution in [0.2, 0.25) is 0 Å². The molecule has 0 aromatic heterocycles. The van der Waals surface area contributed by atoms with E-state index in [4.69, 9.17) is 11.6 Å². The summed E-state index contributed by atoms with van der Waals surface area (Å²) in [4.78, 5) is 0. The smallest absolute Gasteiger partial charge is 0.0403 e. The van der Waals surface area contributed by atoms with Crippen LogP contribution in [0.4, 0.5) is 0 Å². The van der Waals surface area contributed by atoms with E-state index in [-0.39, 0.29) is 5.54 Å². The Morgan fingerprint density at radius 2 is 2.08 bits per heavy atom. The number of halogens is 1. The highest BCUT2D eigenvalue weighted by Gasteiger charge is 2.18. The molecule has 0 saturated carbocycles. The third kappa shape index (κ3) is 5.28. The first-order valence-electron chi connectivity index (χ1n) is 4.57. The number of thioether (sulfide) groups is 1. The maximum atomic E-state index is 5.85. The van der Waals surface area contributed by atoms with Gasteiger partial charge in [-0.2, -0.15) is 11.8 Å². The number of nitrogens with one attached hydrogen (secondary N) is 1. The van der Waals surface area contributed by atoms with E-state index in [1.165, 1.54) is 11.5 Å². The lowest BCUT2D eigenvalue weighted by atomic mass is 10.0. The van der Waals surface area contributed by atoms with Crippen molar-refractivity contribution in [3.8, 4) is 0 Å². The summed E-state index contributed by atoms with van der Waals surface area (Å²) in [6.07, 6.45) is 1.09. The fourth-order valence-electron chi connectivity index (χ4n) is 0.836. The Labute approximate surface area is 85.6 Å². The molecule has 1 N–H and O–H groups in total. The minimum atomic E-state index is 0.135. The zero-order chi connectivity index (χ0) is 9.45. The molecule has 0 amide bonds. The molecular formula is C9H20ClNS. The van der Waals surface area contributed by atoms with Crippen LogP contribution in [-0.2, 0) is 0 Å². The van der Waals surface area contributed by atoms with Gasteiger partial charge in [0.05, 0.1) is 0 Å². The van der Waals surface area contributed by atoms with Gasteiger partial charge in [0.25, 0.3) is 0 Å². The number of rotatable bonds is 7. The minimum Gasteiger partial charge on any atom is -0.310 e. The summed E-state index contributed by atoms with van der Waals surface area (Å²) in [6, 6.07) is 0. The zero-order valence-electron chi connectivity index (χ0n) is 8.32. The maximum Gasteiger partial charge on any atom is 0.0403 e. The van der Waals surface area contributed by atoms with E-state index in [1.807, 2.05) is 11.8 Å². The van der Waals surface area contributed by atoms with Crippen molar-refractivity contribution in [2.45, 2.75) is 32.7 Å². The van der Waals surface area contributed by atoms with E-state index in [9.17, 15) is 0 Å². The first-order chi connectivity index (χ1) is 5.68. The van der Waals surface area contributed by atoms with Gasteiger partial charge in [-0.3, -0.25) is 0 Å². The molecule has 0 saturated heterocycles. The molecule has 1 unspecified atom stereocenters. The lowest BCUT2D eigenvalue weighted by Gasteiger charge is -2.27. The van der Waals surface area contributed by atoms with Crippen LogP contribution in [0.25, 0.3) is 0 Å². The molecule has 1 atom stereocenters. The van der Waals surface area contributed by atoms with Gasteiger partial charge in [0.1, 0.15) is 0 Å². The molecule has 0 bridgehead atoms. The third-order valence-electron chi connectivity index (χ3n) is 2.08. The minimum absolute atomic E-state index is 0.135. The van der Waals surface area contributed by atoms with Crippen molar-refractivity contribution in [2.75, 3.05) is 23.9 Å². The SMILES string of the molecule is CCSCCNC(C)(CC)CCl. The van der Waals surface area contributed by atoms with E-state index in [1.54, 1.807) is 0 Å².